The van der Waals surface area contributed by atoms with Crippen LogP contribution < -0.4 is 20.8 Å². The number of anilines is 1. The van der Waals surface area contributed by atoms with E-state index in [1.807, 2.05) is 19.9 Å². The van der Waals surface area contributed by atoms with Crippen molar-refractivity contribution in [3.8, 4) is 28.3 Å². The third kappa shape index (κ3) is 10.5. The maximum Gasteiger partial charge on any atom is 0.317 e. The summed E-state index contributed by atoms with van der Waals surface area (Å²) in [5.41, 5.74) is 8.14. The maximum absolute atomic E-state index is 15.3. The van der Waals surface area contributed by atoms with Crippen LogP contribution in [0.4, 0.5) is 14.9 Å². The summed E-state index contributed by atoms with van der Waals surface area (Å²) < 4.78 is 20.8. The van der Waals surface area contributed by atoms with Crippen LogP contribution in [0.5, 0.6) is 5.88 Å². The van der Waals surface area contributed by atoms with Crippen molar-refractivity contribution in [1.82, 2.24) is 25.6 Å². The average molecular weight is 807 g/mol. The number of ether oxygens (including phenoxy) is 1. The number of β-amino-alcohol motifs (C(OH)–C–C–N with tert-alkyl or cyclic N) is 1. The van der Waals surface area contributed by atoms with Gasteiger partial charge in [-0.05, 0) is 98.7 Å². The monoisotopic (exact) mass is 806 g/mol. The first kappa shape index (κ1) is 45.2. The Hall–Kier alpha value is -4.52. The number of hydrogen-bond acceptors (Lipinski definition) is 7. The molecule has 2 atom stereocenters. The summed E-state index contributed by atoms with van der Waals surface area (Å²) in [7, 11) is 3.15. The minimum atomic E-state index is -0.534. The number of likely N-dealkylation sites (N-methyl/N-ethyl adjacent to an activating group) is 1. The highest BCUT2D eigenvalue weighted by Crippen LogP contribution is 2.42. The molecule has 57 heavy (non-hydrogen) atoms. The predicted molar refractivity (Wildman–Crippen MR) is 226 cm³/mol. The summed E-state index contributed by atoms with van der Waals surface area (Å²) >= 11 is 6.84. The zero-order valence-corrected chi connectivity index (χ0v) is 35.5. The van der Waals surface area contributed by atoms with Crippen LogP contribution in [0.3, 0.4) is 0 Å². The standard InChI is InChI=1S/C28H26ClFN4O3.C14H28N2O2.C2H6/c1-15-17(7-5-9-22(15)32-26(35)20-12-13-31-34(2)28(20)36)24-21(30)11-10-19(25(24)29)23-14-16-6-4-8-18(16)27(33-23)37-3;1-4-12(3)6-7-14(5-2)8-9-16(10-11-17)13(18)15-14;1-2/h5,7,9-12,14,31H,4,6,8,13H2,1-3H3,(H,32,35);12,17H,4-11H2,1-3H3,(H,15,18);1-2H3. The van der Waals surface area contributed by atoms with E-state index in [-0.39, 0.29) is 34.3 Å². The van der Waals surface area contributed by atoms with Crippen LogP contribution in [0.1, 0.15) is 89.8 Å². The molecule has 2 unspecified atom stereocenters. The Morgan fingerprint density at radius 3 is 2.58 bits per heavy atom. The number of nitrogens with zero attached hydrogens (tertiary/aromatic N) is 3. The molecule has 0 bridgehead atoms. The molecule has 3 aliphatic rings. The van der Waals surface area contributed by atoms with Crippen LogP contribution in [-0.2, 0) is 22.4 Å². The number of pyridine rings is 1. The lowest BCUT2D eigenvalue weighted by molar-refractivity contribution is -0.131. The lowest BCUT2D eigenvalue weighted by Gasteiger charge is -2.42. The molecule has 1 aromatic heterocycles. The van der Waals surface area contributed by atoms with Gasteiger partial charge in [-0.25, -0.2) is 19.6 Å². The molecular formula is C44H60ClFN6O5. The first-order chi connectivity index (χ1) is 27.4. The van der Waals surface area contributed by atoms with Crippen LogP contribution in [0.15, 0.2) is 48.0 Å². The number of hydrogen-bond donors (Lipinski definition) is 4. The molecule has 13 heteroatoms. The molecule has 11 nitrogen and oxygen atoms in total. The van der Waals surface area contributed by atoms with Crippen LogP contribution in [0.2, 0.25) is 5.02 Å². The first-order valence-corrected chi connectivity index (χ1v) is 20.6. The molecule has 4 amide bonds. The van der Waals surface area contributed by atoms with Gasteiger partial charge < -0.3 is 25.4 Å². The van der Waals surface area contributed by atoms with Gasteiger partial charge in [-0.1, -0.05) is 70.8 Å². The number of aliphatic hydroxyl groups excluding tert-OH is 1. The number of benzene rings is 2. The fourth-order valence-corrected chi connectivity index (χ4v) is 7.76. The van der Waals surface area contributed by atoms with Crippen molar-refractivity contribution in [2.45, 2.75) is 98.4 Å². The van der Waals surface area contributed by atoms with Gasteiger partial charge >= 0.3 is 6.03 Å². The van der Waals surface area contributed by atoms with Gasteiger partial charge in [0.1, 0.15) is 11.4 Å². The van der Waals surface area contributed by atoms with Gasteiger partial charge in [0.15, 0.2) is 0 Å². The van der Waals surface area contributed by atoms with Gasteiger partial charge in [-0.15, -0.1) is 0 Å². The molecule has 1 aliphatic carbocycles. The van der Waals surface area contributed by atoms with Crippen molar-refractivity contribution >= 4 is 35.1 Å². The summed E-state index contributed by atoms with van der Waals surface area (Å²) in [6.45, 7) is 14.0. The molecule has 0 radical (unpaired) electrons. The zero-order chi connectivity index (χ0) is 41.9. The quantitative estimate of drug-likeness (QED) is 0.135. The highest BCUT2D eigenvalue weighted by atomic mass is 35.5. The Morgan fingerprint density at radius 2 is 1.91 bits per heavy atom. The van der Waals surface area contributed by atoms with Crippen molar-refractivity contribution in [3.63, 3.8) is 0 Å². The van der Waals surface area contributed by atoms with Crippen LogP contribution in [0, 0.1) is 18.7 Å². The number of fused-ring (bicyclic) bond motifs is 1. The molecule has 0 saturated carbocycles. The van der Waals surface area contributed by atoms with Crippen molar-refractivity contribution < 1.29 is 28.6 Å². The fraction of sp³-hybridized carbons (Fsp3) is 0.500. The number of carbonyl (C=O) groups is 3. The van der Waals surface area contributed by atoms with Crippen molar-refractivity contribution in [3.05, 3.63) is 75.6 Å². The topological polar surface area (TPSA) is 136 Å². The number of rotatable bonds is 12. The third-order valence-electron chi connectivity index (χ3n) is 11.3. The van der Waals surface area contributed by atoms with Crippen LogP contribution >= 0.6 is 11.6 Å². The molecule has 1 fully saturated rings. The number of aryl methyl sites for hydroxylation is 1. The number of urea groups is 1. The SMILES string of the molecule is CC.CCC(C)CCC1(CC)CCN(CCO)C(=O)N1.COc1nc(-c2ccc(F)c(-c3cccc(NC(=O)C4=CCNN(C)C4=O)c3C)c2Cl)cc2c1CCC2. The lowest BCUT2D eigenvalue weighted by atomic mass is 9.82. The Balaban J connectivity index is 0.000000304. The van der Waals surface area contributed by atoms with E-state index in [4.69, 9.17) is 21.4 Å². The van der Waals surface area contributed by atoms with E-state index in [1.54, 1.807) is 50.2 Å². The first-order valence-electron chi connectivity index (χ1n) is 20.2. The lowest BCUT2D eigenvalue weighted by Crippen LogP contribution is -2.60. The second-order valence-corrected chi connectivity index (χ2v) is 15.0. The van der Waals surface area contributed by atoms with Gasteiger partial charge in [-0.3, -0.25) is 14.6 Å². The second-order valence-electron chi connectivity index (χ2n) is 14.6. The number of hydrazine groups is 1. The number of aromatic nitrogens is 1. The molecule has 4 N–H and O–H groups in total. The van der Waals surface area contributed by atoms with E-state index in [1.165, 1.54) is 30.0 Å². The number of halogens is 2. The summed E-state index contributed by atoms with van der Waals surface area (Å²) in [4.78, 5) is 43.6. The highest BCUT2D eigenvalue weighted by molar-refractivity contribution is 6.36. The number of carbonyl (C=O) groups excluding carboxylic acids is 3. The second kappa shape index (κ2) is 20.8. The molecule has 2 aromatic carbocycles. The normalized spacial score (nSPS) is 18.0. The molecule has 6 rings (SSSR count). The largest absolute Gasteiger partial charge is 0.481 e. The summed E-state index contributed by atoms with van der Waals surface area (Å²) in [5.74, 6) is -0.169. The van der Waals surface area contributed by atoms with Gasteiger partial charge in [-0.2, -0.15) is 0 Å². The van der Waals surface area contributed by atoms with Crippen molar-refractivity contribution in [1.29, 1.82) is 0 Å². The zero-order valence-electron chi connectivity index (χ0n) is 34.8. The van der Waals surface area contributed by atoms with E-state index < -0.39 is 17.6 Å². The average Bonchev–Trinajstić information content (AvgIpc) is 3.70. The smallest absolute Gasteiger partial charge is 0.317 e. The van der Waals surface area contributed by atoms with E-state index >= 15 is 4.39 Å². The molecular weight excluding hydrogens is 747 g/mol. The van der Waals surface area contributed by atoms with E-state index in [2.05, 4.69) is 41.8 Å². The van der Waals surface area contributed by atoms with Gasteiger partial charge in [0.2, 0.25) is 5.88 Å². The minimum absolute atomic E-state index is 0.0127. The van der Waals surface area contributed by atoms with E-state index in [0.29, 0.717) is 47.0 Å². The Bertz CT molecular complexity index is 1940. The van der Waals surface area contributed by atoms with Gasteiger partial charge in [0.25, 0.3) is 11.8 Å². The van der Waals surface area contributed by atoms with E-state index in [0.717, 1.165) is 62.1 Å². The number of methoxy groups -OCH3 is 1. The van der Waals surface area contributed by atoms with Crippen LogP contribution in [0.25, 0.3) is 22.4 Å². The maximum atomic E-state index is 15.3. The summed E-state index contributed by atoms with van der Waals surface area (Å²) in [6.07, 6.45) is 9.83. The number of amides is 4. The Morgan fingerprint density at radius 1 is 1.16 bits per heavy atom. The van der Waals surface area contributed by atoms with Crippen molar-refractivity contribution in [2.24, 2.45) is 5.92 Å². The molecule has 1 saturated heterocycles. The minimum Gasteiger partial charge on any atom is -0.481 e. The van der Waals surface area contributed by atoms with E-state index in [9.17, 15) is 14.4 Å². The Labute approximate surface area is 342 Å². The van der Waals surface area contributed by atoms with Crippen LogP contribution in [-0.4, -0.2) is 83.8 Å². The molecule has 0 spiro atoms. The number of nitrogens with one attached hydrogen (secondary N) is 3. The van der Waals surface area contributed by atoms with Gasteiger partial charge in [0.05, 0.1) is 24.4 Å². The molecule has 3 heterocycles. The molecule has 3 aromatic rings. The molecule has 2 aliphatic heterocycles. The number of aliphatic hydroxyl groups is 1. The third-order valence-corrected chi connectivity index (χ3v) is 11.6. The summed E-state index contributed by atoms with van der Waals surface area (Å²) in [6, 6.07) is 10.1. The summed E-state index contributed by atoms with van der Waals surface area (Å²) in [5, 5.41) is 16.4. The highest BCUT2D eigenvalue weighted by Gasteiger charge is 2.36. The fourth-order valence-electron chi connectivity index (χ4n) is 7.40. The Kier molecular flexibility index (Phi) is 16.5. The van der Waals surface area contributed by atoms with Crippen molar-refractivity contribution in [2.75, 3.05) is 45.7 Å². The molecule has 310 valence electrons. The van der Waals surface area contributed by atoms with Gasteiger partial charge in [0, 0.05) is 54.6 Å². The predicted octanol–water partition coefficient (Wildman–Crippen LogP) is 8.25.